The SMILES string of the molecule is Oc1ccc(C(F)(F)C(F)(c2ccc(O)cc2)C(F)(F)C(F)(F)F)cc1. The van der Waals surface area contributed by atoms with Crippen molar-refractivity contribution in [1.29, 1.82) is 0 Å². The predicted octanol–water partition coefficient (Wildman–Crippen LogP) is 5.25. The van der Waals surface area contributed by atoms with Gasteiger partial charge in [0.25, 0.3) is 5.67 Å². The van der Waals surface area contributed by atoms with E-state index in [2.05, 4.69) is 0 Å². The first-order chi connectivity index (χ1) is 11.7. The minimum atomic E-state index is -6.64. The largest absolute Gasteiger partial charge is 0.508 e. The molecule has 2 N–H and O–H groups in total. The lowest BCUT2D eigenvalue weighted by atomic mass is 9.79. The summed E-state index contributed by atoms with van der Waals surface area (Å²) in [6, 6.07) is 3.27. The molecule has 142 valence electrons. The summed E-state index contributed by atoms with van der Waals surface area (Å²) < 4.78 is 111. The van der Waals surface area contributed by atoms with E-state index >= 15 is 4.39 Å². The molecule has 0 heterocycles. The molecule has 1 atom stereocenters. The summed E-state index contributed by atoms with van der Waals surface area (Å²) in [6.45, 7) is 0. The second-order valence-corrected chi connectivity index (χ2v) is 5.40. The van der Waals surface area contributed by atoms with E-state index in [9.17, 15) is 30.7 Å². The summed E-state index contributed by atoms with van der Waals surface area (Å²) in [4.78, 5) is 0. The predicted molar refractivity (Wildman–Crippen MR) is 73.9 cm³/mol. The van der Waals surface area contributed by atoms with Crippen molar-refractivity contribution in [3.8, 4) is 11.5 Å². The van der Waals surface area contributed by atoms with Gasteiger partial charge in [-0.15, -0.1) is 0 Å². The summed E-state index contributed by atoms with van der Waals surface area (Å²) in [5, 5.41) is 18.2. The van der Waals surface area contributed by atoms with Crippen LogP contribution in [0.4, 0.5) is 35.1 Å². The maximum absolute atomic E-state index is 15.1. The van der Waals surface area contributed by atoms with Gasteiger partial charge < -0.3 is 10.2 Å². The molecule has 10 heteroatoms. The van der Waals surface area contributed by atoms with Crippen molar-refractivity contribution >= 4 is 0 Å². The van der Waals surface area contributed by atoms with Crippen molar-refractivity contribution < 1.29 is 45.3 Å². The maximum atomic E-state index is 15.1. The summed E-state index contributed by atoms with van der Waals surface area (Å²) >= 11 is 0. The van der Waals surface area contributed by atoms with Crippen LogP contribution in [0, 0.1) is 0 Å². The molecular weight excluding hydrogens is 376 g/mol. The summed E-state index contributed by atoms with van der Waals surface area (Å²) in [5.74, 6) is -13.1. The van der Waals surface area contributed by atoms with Crippen LogP contribution in [0.1, 0.15) is 11.1 Å². The number of rotatable bonds is 4. The van der Waals surface area contributed by atoms with Gasteiger partial charge in [-0.1, -0.05) is 12.1 Å². The Labute approximate surface area is 141 Å². The fourth-order valence-corrected chi connectivity index (χ4v) is 2.32. The highest BCUT2D eigenvalue weighted by Crippen LogP contribution is 2.61. The molecule has 2 nitrogen and oxygen atoms in total. The standard InChI is InChI=1S/C16H10F8O2/c17-13(15(20,21)16(22,23)24,9-1-5-11(25)6-2-9)14(18,19)10-3-7-12(26)8-4-10/h1-8,25-26H. The van der Waals surface area contributed by atoms with Gasteiger partial charge in [0.2, 0.25) is 0 Å². The number of benzene rings is 2. The molecule has 0 aromatic heterocycles. The third-order valence-corrected chi connectivity index (χ3v) is 3.72. The number of phenolic OH excluding ortho intramolecular Hbond substituents is 2. The Hall–Kier alpha value is -2.52. The molecule has 2 rings (SSSR count). The molecule has 0 radical (unpaired) electrons. The van der Waals surface area contributed by atoms with Crippen LogP contribution in [-0.4, -0.2) is 22.3 Å². The van der Waals surface area contributed by atoms with Crippen LogP contribution < -0.4 is 0 Å². The van der Waals surface area contributed by atoms with Gasteiger partial charge in [0.1, 0.15) is 11.5 Å². The van der Waals surface area contributed by atoms with Gasteiger partial charge in [0, 0.05) is 11.1 Å². The number of aromatic hydroxyl groups is 2. The first-order valence-electron chi connectivity index (χ1n) is 6.85. The van der Waals surface area contributed by atoms with Crippen molar-refractivity contribution in [2.24, 2.45) is 0 Å². The van der Waals surface area contributed by atoms with Gasteiger partial charge in [-0.05, 0) is 36.4 Å². The molecule has 26 heavy (non-hydrogen) atoms. The van der Waals surface area contributed by atoms with Crippen LogP contribution in [0.3, 0.4) is 0 Å². The number of halogens is 8. The van der Waals surface area contributed by atoms with Gasteiger partial charge in [0.05, 0.1) is 0 Å². The van der Waals surface area contributed by atoms with Crippen LogP contribution in [0.2, 0.25) is 0 Å². The van der Waals surface area contributed by atoms with Gasteiger partial charge in [0.15, 0.2) is 0 Å². The van der Waals surface area contributed by atoms with Crippen LogP contribution in [0.5, 0.6) is 11.5 Å². The highest BCUT2D eigenvalue weighted by molar-refractivity contribution is 5.39. The molecule has 0 spiro atoms. The molecule has 1 unspecified atom stereocenters. The summed E-state index contributed by atoms with van der Waals surface area (Å²) in [7, 11) is 0. The Morgan fingerprint density at radius 2 is 0.885 bits per heavy atom. The zero-order chi connectivity index (χ0) is 20.0. The Bertz CT molecular complexity index is 768. The Morgan fingerprint density at radius 3 is 1.23 bits per heavy atom. The summed E-state index contributed by atoms with van der Waals surface area (Å²) in [6.07, 6.45) is -6.64. The number of hydrogen-bond acceptors (Lipinski definition) is 2. The molecule has 0 saturated carbocycles. The molecule has 0 aliphatic rings. The lowest BCUT2D eigenvalue weighted by Crippen LogP contribution is -2.59. The van der Waals surface area contributed by atoms with Crippen molar-refractivity contribution in [1.82, 2.24) is 0 Å². The van der Waals surface area contributed by atoms with Crippen molar-refractivity contribution in [2.45, 2.75) is 23.7 Å². The smallest absolute Gasteiger partial charge is 0.457 e. The van der Waals surface area contributed by atoms with E-state index in [1.807, 2.05) is 0 Å². The molecule has 2 aromatic rings. The Balaban J connectivity index is 2.79. The number of phenols is 2. The average molecular weight is 386 g/mol. The third-order valence-electron chi connectivity index (χ3n) is 3.72. The second-order valence-electron chi connectivity index (χ2n) is 5.40. The average Bonchev–Trinajstić information content (AvgIpc) is 2.53. The molecule has 0 aliphatic carbocycles. The van der Waals surface area contributed by atoms with E-state index in [0.717, 1.165) is 0 Å². The van der Waals surface area contributed by atoms with Crippen LogP contribution >= 0.6 is 0 Å². The molecule has 2 aromatic carbocycles. The number of hydrogen-bond donors (Lipinski definition) is 2. The van der Waals surface area contributed by atoms with Gasteiger partial charge in [-0.3, -0.25) is 0 Å². The Kier molecular flexibility index (Phi) is 4.59. The topological polar surface area (TPSA) is 40.5 Å². The highest BCUT2D eigenvalue weighted by atomic mass is 19.4. The first kappa shape index (κ1) is 19.8. The molecule has 0 fully saturated rings. The van der Waals surface area contributed by atoms with Crippen LogP contribution in [0.25, 0.3) is 0 Å². The zero-order valence-electron chi connectivity index (χ0n) is 12.5. The van der Waals surface area contributed by atoms with Gasteiger partial charge in [-0.2, -0.15) is 30.7 Å². The zero-order valence-corrected chi connectivity index (χ0v) is 12.5. The van der Waals surface area contributed by atoms with E-state index in [1.165, 1.54) is 0 Å². The lowest BCUT2D eigenvalue weighted by molar-refractivity contribution is -0.370. The van der Waals surface area contributed by atoms with E-state index in [-0.39, 0.29) is 12.1 Å². The molecule has 0 bridgehead atoms. The maximum Gasteiger partial charge on any atom is 0.457 e. The summed E-state index contributed by atoms with van der Waals surface area (Å²) in [5.41, 5.74) is -8.71. The van der Waals surface area contributed by atoms with Gasteiger partial charge >= 0.3 is 18.0 Å². The highest BCUT2D eigenvalue weighted by Gasteiger charge is 2.80. The molecule has 0 amide bonds. The van der Waals surface area contributed by atoms with Gasteiger partial charge in [-0.25, -0.2) is 4.39 Å². The molecule has 0 aliphatic heterocycles. The fraction of sp³-hybridized carbons (Fsp3) is 0.250. The number of alkyl halides is 8. The van der Waals surface area contributed by atoms with E-state index in [1.54, 1.807) is 0 Å². The van der Waals surface area contributed by atoms with Crippen LogP contribution in [-0.2, 0) is 11.6 Å². The third kappa shape index (κ3) is 2.82. The van der Waals surface area contributed by atoms with Crippen molar-refractivity contribution in [2.75, 3.05) is 0 Å². The molecular formula is C16H10F8O2. The van der Waals surface area contributed by atoms with E-state index in [4.69, 9.17) is 10.2 Å². The normalized spacial score (nSPS) is 15.5. The fourth-order valence-electron chi connectivity index (χ4n) is 2.32. The minimum Gasteiger partial charge on any atom is -0.508 e. The van der Waals surface area contributed by atoms with E-state index in [0.29, 0.717) is 36.4 Å². The first-order valence-corrected chi connectivity index (χ1v) is 6.85. The molecule has 0 saturated heterocycles. The lowest BCUT2D eigenvalue weighted by Gasteiger charge is -2.40. The van der Waals surface area contributed by atoms with Crippen LogP contribution in [0.15, 0.2) is 48.5 Å². The quantitative estimate of drug-likeness (QED) is 0.705. The second kappa shape index (κ2) is 6.03. The Morgan fingerprint density at radius 1 is 0.538 bits per heavy atom. The monoisotopic (exact) mass is 386 g/mol. The van der Waals surface area contributed by atoms with Crippen molar-refractivity contribution in [3.63, 3.8) is 0 Å². The van der Waals surface area contributed by atoms with Crippen molar-refractivity contribution in [3.05, 3.63) is 59.7 Å². The minimum absolute atomic E-state index is 0.212. The van der Waals surface area contributed by atoms with E-state index < -0.39 is 46.3 Å².